The average molecular weight is 272 g/mol. The lowest BCUT2D eigenvalue weighted by molar-refractivity contribution is 0.224. The third-order valence-electron chi connectivity index (χ3n) is 2.54. The maximum Gasteiger partial charge on any atom is 0.115 e. The molecule has 1 aromatic rings. The summed E-state index contributed by atoms with van der Waals surface area (Å²) in [7, 11) is 0. The zero-order valence-electron chi connectivity index (χ0n) is 9.50. The second-order valence-corrected chi connectivity index (χ2v) is 4.79. The second kappa shape index (κ2) is 5.52. The Labute approximate surface area is 100 Å². The number of phenolic OH excluding ortho intramolecular Hbond substituents is 1. The summed E-state index contributed by atoms with van der Waals surface area (Å²) >= 11 is 3.50. The fourth-order valence-electron chi connectivity index (χ4n) is 1.56. The third-order valence-corrected chi connectivity index (χ3v) is 3.31. The highest BCUT2D eigenvalue weighted by Gasteiger charge is 2.10. The van der Waals surface area contributed by atoms with Gasteiger partial charge in [-0.15, -0.1) is 0 Å². The van der Waals surface area contributed by atoms with Crippen LogP contribution >= 0.6 is 15.9 Å². The molecule has 1 aromatic carbocycles. The first-order valence-corrected chi connectivity index (χ1v) is 6.05. The van der Waals surface area contributed by atoms with E-state index < -0.39 is 0 Å². The molecule has 2 nitrogen and oxygen atoms in total. The molecule has 0 spiro atoms. The average Bonchev–Trinajstić information content (AvgIpc) is 2.18. The molecule has 0 radical (unpaired) electrons. The van der Waals surface area contributed by atoms with Crippen molar-refractivity contribution in [3.63, 3.8) is 0 Å². The summed E-state index contributed by atoms with van der Waals surface area (Å²) in [5, 5.41) is 9.42. The molecule has 0 atom stereocenters. The van der Waals surface area contributed by atoms with Crippen molar-refractivity contribution in [1.29, 1.82) is 0 Å². The Morgan fingerprint density at radius 1 is 1.40 bits per heavy atom. The fraction of sp³-hybridized carbons (Fsp3) is 0.500. The maximum absolute atomic E-state index is 9.42. The zero-order valence-corrected chi connectivity index (χ0v) is 11.1. The van der Waals surface area contributed by atoms with Gasteiger partial charge in [0, 0.05) is 17.1 Å². The van der Waals surface area contributed by atoms with Crippen LogP contribution in [0.2, 0.25) is 0 Å². The molecule has 0 heterocycles. The van der Waals surface area contributed by atoms with Crippen LogP contribution in [0.1, 0.15) is 26.3 Å². The first-order valence-electron chi connectivity index (χ1n) is 5.26. The molecule has 0 saturated heterocycles. The van der Waals surface area contributed by atoms with Crippen molar-refractivity contribution in [3.05, 3.63) is 28.2 Å². The van der Waals surface area contributed by atoms with E-state index in [1.807, 2.05) is 12.1 Å². The van der Waals surface area contributed by atoms with Crippen molar-refractivity contribution in [2.45, 2.75) is 33.4 Å². The van der Waals surface area contributed by atoms with Gasteiger partial charge in [-0.2, -0.15) is 0 Å². The van der Waals surface area contributed by atoms with E-state index in [0.29, 0.717) is 11.8 Å². The van der Waals surface area contributed by atoms with Gasteiger partial charge in [-0.05, 0) is 44.2 Å². The normalized spacial score (nSPS) is 11.3. The minimum atomic E-state index is 0.327. The van der Waals surface area contributed by atoms with Gasteiger partial charge in [0.25, 0.3) is 0 Å². The lowest BCUT2D eigenvalue weighted by Crippen LogP contribution is -2.30. The van der Waals surface area contributed by atoms with Crippen molar-refractivity contribution >= 4 is 15.9 Å². The van der Waals surface area contributed by atoms with E-state index in [-0.39, 0.29) is 0 Å². The van der Waals surface area contributed by atoms with E-state index in [4.69, 9.17) is 0 Å². The predicted molar refractivity (Wildman–Crippen MR) is 67.0 cm³/mol. The Morgan fingerprint density at radius 2 is 2.07 bits per heavy atom. The van der Waals surface area contributed by atoms with Crippen molar-refractivity contribution in [2.24, 2.45) is 0 Å². The summed E-state index contributed by atoms with van der Waals surface area (Å²) in [5.41, 5.74) is 1.13. The van der Waals surface area contributed by atoms with E-state index in [1.54, 1.807) is 6.07 Å². The van der Waals surface area contributed by atoms with Gasteiger partial charge in [-0.25, -0.2) is 0 Å². The monoisotopic (exact) mass is 271 g/mol. The van der Waals surface area contributed by atoms with Crippen LogP contribution in [0.25, 0.3) is 0 Å². The largest absolute Gasteiger partial charge is 0.508 e. The molecule has 84 valence electrons. The summed E-state index contributed by atoms with van der Waals surface area (Å²) in [6.07, 6.45) is 0. The summed E-state index contributed by atoms with van der Waals surface area (Å²) in [4.78, 5) is 2.35. The van der Waals surface area contributed by atoms with Crippen LogP contribution in [0.4, 0.5) is 0 Å². The second-order valence-electron chi connectivity index (χ2n) is 3.93. The number of hydrogen-bond acceptors (Lipinski definition) is 2. The molecule has 0 amide bonds. The lowest BCUT2D eigenvalue weighted by Gasteiger charge is -2.25. The van der Waals surface area contributed by atoms with Crippen LogP contribution in [0.5, 0.6) is 5.75 Å². The Balaban J connectivity index is 2.82. The molecule has 1 rings (SSSR count). The minimum Gasteiger partial charge on any atom is -0.508 e. The Kier molecular flexibility index (Phi) is 4.61. The van der Waals surface area contributed by atoms with Crippen LogP contribution < -0.4 is 0 Å². The van der Waals surface area contributed by atoms with Gasteiger partial charge in [0.1, 0.15) is 5.75 Å². The molecule has 0 aliphatic heterocycles. The highest BCUT2D eigenvalue weighted by Crippen LogP contribution is 2.23. The molecule has 0 unspecified atom stereocenters. The van der Waals surface area contributed by atoms with E-state index in [1.165, 1.54) is 0 Å². The molecular formula is C12H18BrNO. The number of benzene rings is 1. The summed E-state index contributed by atoms with van der Waals surface area (Å²) in [5.74, 6) is 0.327. The maximum atomic E-state index is 9.42. The quantitative estimate of drug-likeness (QED) is 0.908. The lowest BCUT2D eigenvalue weighted by atomic mass is 10.2. The van der Waals surface area contributed by atoms with E-state index in [9.17, 15) is 5.11 Å². The Hall–Kier alpha value is -0.540. The van der Waals surface area contributed by atoms with Crippen LogP contribution in [0, 0.1) is 0 Å². The van der Waals surface area contributed by atoms with Gasteiger partial charge in [0.15, 0.2) is 0 Å². The molecule has 15 heavy (non-hydrogen) atoms. The molecule has 0 bridgehead atoms. The van der Waals surface area contributed by atoms with Gasteiger partial charge in [0.05, 0.1) is 0 Å². The number of nitrogens with zero attached hydrogens (tertiary/aromatic N) is 1. The highest BCUT2D eigenvalue weighted by molar-refractivity contribution is 9.10. The van der Waals surface area contributed by atoms with E-state index >= 15 is 0 Å². The van der Waals surface area contributed by atoms with Gasteiger partial charge in [-0.3, -0.25) is 4.90 Å². The van der Waals surface area contributed by atoms with E-state index in [0.717, 1.165) is 23.1 Å². The Morgan fingerprint density at radius 3 is 2.60 bits per heavy atom. The summed E-state index contributed by atoms with van der Waals surface area (Å²) < 4.78 is 1.06. The molecule has 0 fully saturated rings. The minimum absolute atomic E-state index is 0.327. The van der Waals surface area contributed by atoms with Crippen LogP contribution in [-0.2, 0) is 6.54 Å². The Bertz CT molecular complexity index is 325. The topological polar surface area (TPSA) is 23.5 Å². The van der Waals surface area contributed by atoms with Gasteiger partial charge >= 0.3 is 0 Å². The number of halogens is 1. The van der Waals surface area contributed by atoms with Crippen LogP contribution in [0.15, 0.2) is 22.7 Å². The van der Waals surface area contributed by atoms with Crippen molar-refractivity contribution in [3.8, 4) is 5.75 Å². The van der Waals surface area contributed by atoms with Crippen molar-refractivity contribution in [2.75, 3.05) is 6.54 Å². The fourth-order valence-corrected chi connectivity index (χ4v) is 1.93. The first kappa shape index (κ1) is 12.5. The molecule has 0 aliphatic rings. The first-order chi connectivity index (χ1) is 7.04. The number of aromatic hydroxyl groups is 1. The number of phenols is 1. The summed E-state index contributed by atoms with van der Waals surface area (Å²) in [6, 6.07) is 5.91. The van der Waals surface area contributed by atoms with Crippen molar-refractivity contribution < 1.29 is 5.11 Å². The third kappa shape index (κ3) is 3.50. The number of hydrogen-bond donors (Lipinski definition) is 1. The smallest absolute Gasteiger partial charge is 0.115 e. The van der Waals surface area contributed by atoms with E-state index in [2.05, 4.69) is 41.6 Å². The molecule has 1 N–H and O–H groups in total. The SMILES string of the molecule is CCN(Cc1cc(O)ccc1Br)C(C)C. The van der Waals surface area contributed by atoms with Crippen molar-refractivity contribution in [1.82, 2.24) is 4.90 Å². The zero-order chi connectivity index (χ0) is 11.4. The molecule has 0 aliphatic carbocycles. The summed E-state index contributed by atoms with van der Waals surface area (Å²) in [6.45, 7) is 8.39. The van der Waals surface area contributed by atoms with Gasteiger partial charge < -0.3 is 5.11 Å². The molecule has 0 aromatic heterocycles. The van der Waals surface area contributed by atoms with Crippen LogP contribution in [-0.4, -0.2) is 22.6 Å². The molecular weight excluding hydrogens is 254 g/mol. The van der Waals surface area contributed by atoms with Gasteiger partial charge in [-0.1, -0.05) is 22.9 Å². The van der Waals surface area contributed by atoms with Gasteiger partial charge in [0.2, 0.25) is 0 Å². The molecule has 3 heteroatoms. The standard InChI is InChI=1S/C12H18BrNO/c1-4-14(9(2)3)8-10-7-11(15)5-6-12(10)13/h5-7,9,15H,4,8H2,1-3H3. The molecule has 0 saturated carbocycles. The predicted octanol–water partition coefficient (Wildman–Crippen LogP) is 3.39. The highest BCUT2D eigenvalue weighted by atomic mass is 79.9. The number of rotatable bonds is 4. The van der Waals surface area contributed by atoms with Crippen LogP contribution in [0.3, 0.4) is 0 Å².